The first-order valence-electron chi connectivity index (χ1n) is 6.15. The van der Waals surface area contributed by atoms with E-state index in [2.05, 4.69) is 33.7 Å². The van der Waals surface area contributed by atoms with Gasteiger partial charge < -0.3 is 14.8 Å². The Morgan fingerprint density at radius 2 is 2.29 bits per heavy atom. The van der Waals surface area contributed by atoms with Crippen LogP contribution in [0.2, 0.25) is 0 Å². The maximum absolute atomic E-state index is 11.6. The van der Waals surface area contributed by atoms with Crippen LogP contribution in [0.3, 0.4) is 0 Å². The van der Waals surface area contributed by atoms with Crippen molar-refractivity contribution in [1.82, 2.24) is 14.9 Å². The van der Waals surface area contributed by atoms with Crippen LogP contribution in [-0.2, 0) is 6.42 Å². The Balaban J connectivity index is 2.27. The van der Waals surface area contributed by atoms with Gasteiger partial charge in [-0.2, -0.15) is 0 Å². The third-order valence-corrected chi connectivity index (χ3v) is 3.24. The first kappa shape index (κ1) is 12.1. The lowest BCUT2D eigenvalue weighted by molar-refractivity contribution is 0.274. The molecule has 0 bridgehead atoms. The highest BCUT2D eigenvalue weighted by Gasteiger charge is 2.23. The van der Waals surface area contributed by atoms with Crippen LogP contribution in [0.5, 0.6) is 0 Å². The number of likely N-dealkylation sites (N-methyl/N-ethyl adjacent to an activating group) is 1. The van der Waals surface area contributed by atoms with E-state index in [0.717, 1.165) is 37.7 Å². The van der Waals surface area contributed by atoms with Gasteiger partial charge in [-0.05, 0) is 14.0 Å². The first-order valence-corrected chi connectivity index (χ1v) is 6.15. The normalized spacial score (nSPS) is 21.8. The Morgan fingerprint density at radius 1 is 1.53 bits per heavy atom. The van der Waals surface area contributed by atoms with Crippen LogP contribution in [0.25, 0.3) is 0 Å². The van der Waals surface area contributed by atoms with Crippen molar-refractivity contribution in [2.75, 3.05) is 31.6 Å². The number of piperazine rings is 1. The van der Waals surface area contributed by atoms with E-state index in [1.807, 2.05) is 6.92 Å². The fourth-order valence-corrected chi connectivity index (χ4v) is 2.29. The second-order valence-electron chi connectivity index (χ2n) is 4.71. The zero-order valence-corrected chi connectivity index (χ0v) is 10.7. The molecule has 1 aliphatic rings. The highest BCUT2D eigenvalue weighted by atomic mass is 16.1. The smallest absolute Gasteiger partial charge is 0.252 e. The van der Waals surface area contributed by atoms with Gasteiger partial charge in [-0.25, -0.2) is 4.98 Å². The average molecular weight is 236 g/mol. The summed E-state index contributed by atoms with van der Waals surface area (Å²) in [5, 5.41) is 0. The fraction of sp³-hybridized carbons (Fsp3) is 0.667. The number of anilines is 1. The lowest BCUT2D eigenvalue weighted by Gasteiger charge is -2.38. The molecule has 1 fully saturated rings. The van der Waals surface area contributed by atoms with Crippen molar-refractivity contribution in [3.8, 4) is 0 Å². The topological polar surface area (TPSA) is 52.2 Å². The molecule has 0 amide bonds. The molecule has 1 aromatic heterocycles. The number of nitrogens with one attached hydrogen (secondary N) is 1. The monoisotopic (exact) mass is 236 g/mol. The summed E-state index contributed by atoms with van der Waals surface area (Å²) in [6, 6.07) is 1.99. The minimum absolute atomic E-state index is 0.0574. The third-order valence-electron chi connectivity index (χ3n) is 3.24. The van der Waals surface area contributed by atoms with Crippen molar-refractivity contribution >= 4 is 5.82 Å². The molecule has 94 valence electrons. The lowest BCUT2D eigenvalue weighted by atomic mass is 10.2. The van der Waals surface area contributed by atoms with Crippen molar-refractivity contribution in [3.05, 3.63) is 22.2 Å². The molecule has 0 radical (unpaired) electrons. The average Bonchev–Trinajstić information content (AvgIpc) is 2.28. The van der Waals surface area contributed by atoms with E-state index < -0.39 is 0 Å². The molecule has 1 aromatic rings. The minimum Gasteiger partial charge on any atom is -0.351 e. The van der Waals surface area contributed by atoms with Crippen LogP contribution in [0, 0.1) is 0 Å². The summed E-state index contributed by atoms with van der Waals surface area (Å²) in [5.41, 5.74) is -0.0574. The van der Waals surface area contributed by atoms with Crippen molar-refractivity contribution in [2.24, 2.45) is 0 Å². The van der Waals surface area contributed by atoms with E-state index in [4.69, 9.17) is 0 Å². The molecule has 5 nitrogen and oxygen atoms in total. The van der Waals surface area contributed by atoms with Gasteiger partial charge in [0.15, 0.2) is 0 Å². The van der Waals surface area contributed by atoms with Crippen LogP contribution < -0.4 is 10.5 Å². The summed E-state index contributed by atoms with van der Waals surface area (Å²) in [4.78, 5) is 23.3. The molecule has 1 N–H and O–H groups in total. The SMILES string of the molecule is CCc1nc(N2CCN(C)CC2C)cc(=O)[nH]1. The number of hydrogen-bond donors (Lipinski definition) is 1. The van der Waals surface area contributed by atoms with E-state index in [0.29, 0.717) is 6.04 Å². The van der Waals surface area contributed by atoms with Crippen LogP contribution >= 0.6 is 0 Å². The molecule has 5 heteroatoms. The van der Waals surface area contributed by atoms with Gasteiger partial charge in [0.2, 0.25) is 0 Å². The first-order chi connectivity index (χ1) is 8.10. The summed E-state index contributed by atoms with van der Waals surface area (Å²) < 4.78 is 0. The predicted molar refractivity (Wildman–Crippen MR) is 68.5 cm³/mol. The van der Waals surface area contributed by atoms with Crippen molar-refractivity contribution in [3.63, 3.8) is 0 Å². The minimum atomic E-state index is -0.0574. The highest BCUT2D eigenvalue weighted by molar-refractivity contribution is 5.39. The van der Waals surface area contributed by atoms with Gasteiger partial charge in [0.05, 0.1) is 0 Å². The Hall–Kier alpha value is -1.36. The van der Waals surface area contributed by atoms with Crippen LogP contribution in [-0.4, -0.2) is 47.6 Å². The summed E-state index contributed by atoms with van der Waals surface area (Å²) in [7, 11) is 2.12. The number of aromatic amines is 1. The Bertz CT molecular complexity index is 442. The maximum Gasteiger partial charge on any atom is 0.252 e. The molecule has 1 atom stereocenters. The number of nitrogens with zero attached hydrogens (tertiary/aromatic N) is 3. The maximum atomic E-state index is 11.6. The fourth-order valence-electron chi connectivity index (χ4n) is 2.29. The molecule has 17 heavy (non-hydrogen) atoms. The molecule has 1 unspecified atom stereocenters. The molecule has 0 aliphatic carbocycles. The molecule has 1 saturated heterocycles. The number of rotatable bonds is 2. The molecule has 2 rings (SSSR count). The zero-order chi connectivity index (χ0) is 12.4. The standard InChI is InChI=1S/C12H20N4O/c1-4-10-13-11(7-12(17)14-10)16-6-5-15(3)8-9(16)2/h7,9H,4-6,8H2,1-3H3,(H,13,14,17). The number of aryl methyl sites for hydroxylation is 1. The van der Waals surface area contributed by atoms with Crippen molar-refractivity contribution in [2.45, 2.75) is 26.3 Å². The molecule has 2 heterocycles. The molecule has 0 aromatic carbocycles. The highest BCUT2D eigenvalue weighted by Crippen LogP contribution is 2.16. The molecular formula is C12H20N4O. The van der Waals surface area contributed by atoms with Gasteiger partial charge in [-0.15, -0.1) is 0 Å². The summed E-state index contributed by atoms with van der Waals surface area (Å²) in [5.74, 6) is 1.57. The number of aromatic nitrogens is 2. The van der Waals surface area contributed by atoms with E-state index in [-0.39, 0.29) is 5.56 Å². The summed E-state index contributed by atoms with van der Waals surface area (Å²) in [6.07, 6.45) is 0.755. The third kappa shape index (κ3) is 2.66. The van der Waals surface area contributed by atoms with Gasteiger partial charge in [0.1, 0.15) is 11.6 Å². The predicted octanol–water partition coefficient (Wildman–Crippen LogP) is 0.473. The number of hydrogen-bond acceptors (Lipinski definition) is 4. The van der Waals surface area contributed by atoms with Gasteiger partial charge in [0, 0.05) is 38.2 Å². The Labute approximate surface area is 101 Å². The van der Waals surface area contributed by atoms with Crippen molar-refractivity contribution < 1.29 is 0 Å². The van der Waals surface area contributed by atoms with Gasteiger partial charge in [0.25, 0.3) is 5.56 Å². The molecule has 0 saturated carbocycles. The lowest BCUT2D eigenvalue weighted by Crippen LogP contribution is -2.51. The van der Waals surface area contributed by atoms with E-state index in [1.165, 1.54) is 0 Å². The van der Waals surface area contributed by atoms with E-state index in [1.54, 1.807) is 6.07 Å². The Morgan fingerprint density at radius 3 is 2.94 bits per heavy atom. The van der Waals surface area contributed by atoms with Gasteiger partial charge in [-0.3, -0.25) is 4.79 Å². The van der Waals surface area contributed by atoms with Crippen LogP contribution in [0.15, 0.2) is 10.9 Å². The summed E-state index contributed by atoms with van der Waals surface area (Å²) >= 11 is 0. The second-order valence-corrected chi connectivity index (χ2v) is 4.71. The van der Waals surface area contributed by atoms with Crippen LogP contribution in [0.1, 0.15) is 19.7 Å². The molecular weight excluding hydrogens is 216 g/mol. The van der Waals surface area contributed by atoms with E-state index in [9.17, 15) is 4.79 Å². The second kappa shape index (κ2) is 4.87. The molecule has 1 aliphatic heterocycles. The van der Waals surface area contributed by atoms with Gasteiger partial charge >= 0.3 is 0 Å². The largest absolute Gasteiger partial charge is 0.351 e. The number of H-pyrrole nitrogens is 1. The Kier molecular flexibility index (Phi) is 3.47. The zero-order valence-electron chi connectivity index (χ0n) is 10.7. The van der Waals surface area contributed by atoms with Crippen molar-refractivity contribution in [1.29, 1.82) is 0 Å². The van der Waals surface area contributed by atoms with Crippen LogP contribution in [0.4, 0.5) is 5.82 Å². The summed E-state index contributed by atoms with van der Waals surface area (Å²) in [6.45, 7) is 7.12. The van der Waals surface area contributed by atoms with E-state index >= 15 is 0 Å². The molecule has 0 spiro atoms. The van der Waals surface area contributed by atoms with Gasteiger partial charge in [-0.1, -0.05) is 6.92 Å². The quantitative estimate of drug-likeness (QED) is 0.811.